The van der Waals surface area contributed by atoms with Crippen LogP contribution in [-0.4, -0.2) is 20.9 Å². The molecule has 253 valence electrons. The van der Waals surface area contributed by atoms with Gasteiger partial charge in [-0.3, -0.25) is 9.78 Å². The molecule has 0 aliphatic heterocycles. The van der Waals surface area contributed by atoms with Crippen molar-refractivity contribution >= 4 is 16.6 Å². The molecule has 1 aliphatic rings. The first-order valence-electron chi connectivity index (χ1n) is 17.5. The van der Waals surface area contributed by atoms with E-state index in [2.05, 4.69) is 82.3 Å². The molecule has 1 aliphatic carbocycles. The minimum Gasteiger partial charge on any atom is -0.512 e. The summed E-state index contributed by atoms with van der Waals surface area (Å²) < 4.78 is 0. The fourth-order valence-corrected chi connectivity index (χ4v) is 6.70. The maximum atomic E-state index is 11.7. The van der Waals surface area contributed by atoms with Crippen LogP contribution in [0.4, 0.5) is 0 Å². The van der Waals surface area contributed by atoms with Crippen LogP contribution in [0.2, 0.25) is 0 Å². The Morgan fingerprint density at radius 3 is 2.17 bits per heavy atom. The second-order valence-electron chi connectivity index (χ2n) is 13.5. The van der Waals surface area contributed by atoms with Gasteiger partial charge >= 0.3 is 0 Å². The van der Waals surface area contributed by atoms with E-state index >= 15 is 0 Å². The summed E-state index contributed by atoms with van der Waals surface area (Å²) in [6, 6.07) is 21.4. The molecule has 4 aromatic rings. The standard InChI is InChI=1S/C29H29N2.C13H24O2.Ir/c1-18(2)13-20-9-11-25-22(14-20)10-12-26-28(30-17-31-29(25)26)23-15-21-7-5-6-8-24(21)27(16-23)19(3)4;1-5-10(6-2)12(14)9-13(15)11(7-3)8-4;/h5-9,11,14,16-19H,10,12-13H2,1-4H3;9-11,14H,5-8H2,1-4H3;/q-1;;/b;12-9-;. The molecule has 4 nitrogen and oxygen atoms in total. The Labute approximate surface area is 296 Å². The van der Waals surface area contributed by atoms with Crippen LogP contribution < -0.4 is 0 Å². The number of benzene rings is 3. The van der Waals surface area contributed by atoms with Gasteiger partial charge in [-0.2, -0.15) is 0 Å². The predicted molar refractivity (Wildman–Crippen MR) is 193 cm³/mol. The second kappa shape index (κ2) is 17.9. The Morgan fingerprint density at radius 2 is 1.53 bits per heavy atom. The zero-order valence-corrected chi connectivity index (χ0v) is 32.0. The van der Waals surface area contributed by atoms with Crippen LogP contribution in [-0.2, 0) is 44.2 Å². The number of aliphatic hydroxyl groups excluding tert-OH is 1. The van der Waals surface area contributed by atoms with Crippen molar-refractivity contribution in [2.24, 2.45) is 17.8 Å². The number of allylic oxidation sites excluding steroid dienone is 2. The molecule has 0 atom stereocenters. The van der Waals surface area contributed by atoms with Crippen LogP contribution in [0.25, 0.3) is 33.3 Å². The molecule has 0 bridgehead atoms. The van der Waals surface area contributed by atoms with Gasteiger partial charge < -0.3 is 5.11 Å². The number of aryl methyl sites for hydroxylation is 1. The minimum atomic E-state index is 0. The minimum absolute atomic E-state index is 0. The average Bonchev–Trinajstić information content (AvgIpc) is 3.04. The SMILES string of the molecule is CC(C)Cc1ccc2c(c1)CCc1c(-c3[c-]c4ccccc4c(C(C)C)c3)ncnc1-2.CCC(CC)C(=O)/C=C(\O)C(CC)CC.[Ir]. The van der Waals surface area contributed by atoms with Crippen LogP contribution in [0.3, 0.4) is 0 Å². The van der Waals surface area contributed by atoms with Crippen molar-refractivity contribution in [2.75, 3.05) is 0 Å². The molecule has 47 heavy (non-hydrogen) atoms. The van der Waals surface area contributed by atoms with Crippen molar-refractivity contribution in [3.05, 3.63) is 95.0 Å². The van der Waals surface area contributed by atoms with Crippen molar-refractivity contribution in [3.8, 4) is 22.5 Å². The second-order valence-corrected chi connectivity index (χ2v) is 13.5. The van der Waals surface area contributed by atoms with E-state index in [0.717, 1.165) is 67.3 Å². The van der Waals surface area contributed by atoms with Gasteiger partial charge in [0.25, 0.3) is 0 Å². The normalized spacial score (nSPS) is 12.6. The molecule has 0 unspecified atom stereocenters. The van der Waals surface area contributed by atoms with Gasteiger partial charge in [-0.15, -0.1) is 29.1 Å². The molecule has 1 N–H and O–H groups in total. The topological polar surface area (TPSA) is 63.1 Å². The van der Waals surface area contributed by atoms with Crippen LogP contribution in [0.1, 0.15) is 109 Å². The van der Waals surface area contributed by atoms with E-state index in [1.54, 1.807) is 6.33 Å². The van der Waals surface area contributed by atoms with Crippen molar-refractivity contribution in [3.63, 3.8) is 0 Å². The van der Waals surface area contributed by atoms with Crippen molar-refractivity contribution < 1.29 is 30.0 Å². The Hall–Kier alpha value is -3.14. The van der Waals surface area contributed by atoms with E-state index in [-0.39, 0.29) is 43.5 Å². The first-order valence-corrected chi connectivity index (χ1v) is 17.5. The van der Waals surface area contributed by atoms with Gasteiger partial charge in [0.15, 0.2) is 5.78 Å². The fourth-order valence-electron chi connectivity index (χ4n) is 6.70. The summed E-state index contributed by atoms with van der Waals surface area (Å²) in [4.78, 5) is 21.2. The Morgan fingerprint density at radius 1 is 0.872 bits per heavy atom. The molecule has 1 heterocycles. The van der Waals surface area contributed by atoms with E-state index in [9.17, 15) is 9.90 Å². The van der Waals surface area contributed by atoms with E-state index in [4.69, 9.17) is 9.97 Å². The number of hydrogen-bond donors (Lipinski definition) is 1. The number of nitrogens with zero attached hydrogens (tertiary/aromatic N) is 2. The number of carbonyl (C=O) groups is 1. The molecule has 5 rings (SSSR count). The van der Waals surface area contributed by atoms with E-state index in [1.165, 1.54) is 39.3 Å². The number of fused-ring (bicyclic) bond motifs is 4. The number of carbonyl (C=O) groups excluding carboxylic acids is 1. The third-order valence-corrected chi connectivity index (χ3v) is 9.42. The number of aromatic nitrogens is 2. The molecule has 1 radical (unpaired) electrons. The number of ketones is 1. The summed E-state index contributed by atoms with van der Waals surface area (Å²) in [6.45, 7) is 17.1. The zero-order valence-electron chi connectivity index (χ0n) is 29.6. The summed E-state index contributed by atoms with van der Waals surface area (Å²) >= 11 is 0. The Kier molecular flexibility index (Phi) is 14.6. The zero-order chi connectivity index (χ0) is 33.4. The molecule has 3 aromatic carbocycles. The first kappa shape index (κ1) is 38.3. The van der Waals surface area contributed by atoms with Gasteiger partial charge in [-0.1, -0.05) is 103 Å². The Balaban J connectivity index is 0.000000322. The van der Waals surface area contributed by atoms with Crippen LogP contribution in [0.15, 0.2) is 66.7 Å². The van der Waals surface area contributed by atoms with E-state index in [0.29, 0.717) is 11.8 Å². The molecule has 0 fully saturated rings. The number of rotatable bonds is 11. The quantitative estimate of drug-likeness (QED) is 0.0931. The summed E-state index contributed by atoms with van der Waals surface area (Å²) in [6.07, 6.45) is 9.77. The summed E-state index contributed by atoms with van der Waals surface area (Å²) in [5.41, 5.74) is 9.93. The van der Waals surface area contributed by atoms with Crippen molar-refractivity contribution in [1.29, 1.82) is 0 Å². The summed E-state index contributed by atoms with van der Waals surface area (Å²) in [5.74, 6) is 1.66. The monoisotopic (exact) mass is 810 g/mol. The van der Waals surface area contributed by atoms with E-state index in [1.807, 2.05) is 27.7 Å². The molecule has 0 saturated carbocycles. The van der Waals surface area contributed by atoms with Crippen LogP contribution in [0.5, 0.6) is 0 Å². The van der Waals surface area contributed by atoms with Crippen LogP contribution >= 0.6 is 0 Å². The fraction of sp³-hybridized carbons (Fsp3) is 0.452. The predicted octanol–water partition coefficient (Wildman–Crippen LogP) is 11.1. The smallest absolute Gasteiger partial charge is 0.162 e. The van der Waals surface area contributed by atoms with E-state index < -0.39 is 0 Å². The Bertz CT molecular complexity index is 1670. The molecule has 0 spiro atoms. The maximum Gasteiger partial charge on any atom is 0.162 e. The molecular weight excluding hydrogens is 757 g/mol. The molecule has 1 aromatic heterocycles. The van der Waals surface area contributed by atoms with Gasteiger partial charge in [0.1, 0.15) is 6.33 Å². The number of aliphatic hydroxyl groups is 1. The van der Waals surface area contributed by atoms with Gasteiger partial charge in [-0.05, 0) is 73.5 Å². The summed E-state index contributed by atoms with van der Waals surface area (Å²) in [5, 5.41) is 12.2. The third kappa shape index (κ3) is 9.27. The number of hydrogen-bond acceptors (Lipinski definition) is 4. The molecule has 0 amide bonds. The first-order chi connectivity index (χ1) is 22.1. The van der Waals surface area contributed by atoms with Gasteiger partial charge in [0.05, 0.1) is 11.5 Å². The van der Waals surface area contributed by atoms with Gasteiger partial charge in [0, 0.05) is 49.3 Å². The molecular formula is C42H53IrN2O2-. The largest absolute Gasteiger partial charge is 0.512 e. The van der Waals surface area contributed by atoms with Crippen molar-refractivity contribution in [2.45, 2.75) is 106 Å². The van der Waals surface area contributed by atoms with Gasteiger partial charge in [-0.25, -0.2) is 4.98 Å². The van der Waals surface area contributed by atoms with Gasteiger partial charge in [0.2, 0.25) is 0 Å². The molecule has 0 saturated heterocycles. The summed E-state index contributed by atoms with van der Waals surface area (Å²) in [7, 11) is 0. The maximum absolute atomic E-state index is 11.7. The van der Waals surface area contributed by atoms with Crippen molar-refractivity contribution in [1.82, 2.24) is 9.97 Å². The van der Waals surface area contributed by atoms with Crippen LogP contribution in [0, 0.1) is 23.8 Å². The average molecular weight is 810 g/mol. The third-order valence-electron chi connectivity index (χ3n) is 9.42. The molecule has 5 heteroatoms.